The van der Waals surface area contributed by atoms with E-state index < -0.39 is 59.3 Å². The van der Waals surface area contributed by atoms with E-state index in [1.165, 1.54) is 11.8 Å². The number of thioether (sulfide) groups is 1. The van der Waals surface area contributed by atoms with Gasteiger partial charge in [-0.1, -0.05) is 49.4 Å². The molecule has 40 heavy (non-hydrogen) atoms. The predicted octanol–water partition coefficient (Wildman–Crippen LogP) is 5.68. The van der Waals surface area contributed by atoms with Crippen molar-refractivity contribution in [3.63, 3.8) is 0 Å². The van der Waals surface area contributed by atoms with Crippen LogP contribution in [0.2, 0.25) is 0 Å². The van der Waals surface area contributed by atoms with E-state index in [4.69, 9.17) is 28.4 Å². The van der Waals surface area contributed by atoms with Crippen LogP contribution in [-0.2, 0) is 30.3 Å². The first-order chi connectivity index (χ1) is 19.5. The molecule has 5 rings (SSSR count). The molecule has 7 nitrogen and oxygen atoms in total. The standard InChI is InChI=1S/C30H30F2O7S/c1-3-40-30-27(38-28(33)22-15-20(31)11-14-23(22)32)26(35-16-18-9-12-21(34-2)13-10-18)25-24(37-30)17-36-29(39-25)19-7-5-4-6-8-19/h4-15,24-27,29-30H,3,16-17H2,1-2H3/t24-,25-,26+,27+,29?,30-/m1/s1. The highest BCUT2D eigenvalue weighted by Gasteiger charge is 2.52. The Labute approximate surface area is 235 Å². The lowest BCUT2D eigenvalue weighted by molar-refractivity contribution is -0.324. The Bertz CT molecular complexity index is 1280. The smallest absolute Gasteiger partial charge is 0.341 e. The average molecular weight is 573 g/mol. The molecule has 0 radical (unpaired) electrons. The third kappa shape index (κ3) is 6.47. The van der Waals surface area contributed by atoms with Crippen molar-refractivity contribution in [2.75, 3.05) is 19.5 Å². The van der Waals surface area contributed by atoms with Crippen LogP contribution in [0.1, 0.15) is 34.7 Å². The number of benzene rings is 3. The molecule has 10 heteroatoms. The van der Waals surface area contributed by atoms with Gasteiger partial charge in [0.1, 0.15) is 41.1 Å². The van der Waals surface area contributed by atoms with Gasteiger partial charge in [-0.2, -0.15) is 0 Å². The van der Waals surface area contributed by atoms with Crippen LogP contribution in [0.4, 0.5) is 8.78 Å². The lowest BCUT2D eigenvalue weighted by Crippen LogP contribution is -2.62. The highest BCUT2D eigenvalue weighted by molar-refractivity contribution is 7.99. The van der Waals surface area contributed by atoms with Crippen molar-refractivity contribution in [2.24, 2.45) is 0 Å². The van der Waals surface area contributed by atoms with Crippen molar-refractivity contribution in [3.05, 3.63) is 101 Å². The Morgan fingerprint density at radius 3 is 2.50 bits per heavy atom. The maximum absolute atomic E-state index is 14.5. The van der Waals surface area contributed by atoms with E-state index in [1.54, 1.807) is 7.11 Å². The Balaban J connectivity index is 1.45. The van der Waals surface area contributed by atoms with Crippen LogP contribution in [0.15, 0.2) is 72.8 Å². The molecule has 2 fully saturated rings. The molecule has 2 aliphatic heterocycles. The zero-order chi connectivity index (χ0) is 28.1. The van der Waals surface area contributed by atoms with Gasteiger partial charge >= 0.3 is 5.97 Å². The van der Waals surface area contributed by atoms with Gasteiger partial charge < -0.3 is 28.4 Å². The van der Waals surface area contributed by atoms with Gasteiger partial charge in [-0.3, -0.25) is 0 Å². The number of hydrogen-bond donors (Lipinski definition) is 0. The molecular weight excluding hydrogens is 542 g/mol. The topological polar surface area (TPSA) is 72.5 Å². The summed E-state index contributed by atoms with van der Waals surface area (Å²) in [6.45, 7) is 2.34. The van der Waals surface area contributed by atoms with E-state index >= 15 is 0 Å². The van der Waals surface area contributed by atoms with Gasteiger partial charge in [-0.05, 0) is 41.6 Å². The van der Waals surface area contributed by atoms with Gasteiger partial charge in [0, 0.05) is 5.56 Å². The summed E-state index contributed by atoms with van der Waals surface area (Å²) in [6, 6.07) is 19.5. The van der Waals surface area contributed by atoms with Crippen molar-refractivity contribution < 1.29 is 42.0 Å². The molecule has 2 heterocycles. The third-order valence-corrected chi connectivity index (χ3v) is 7.72. The van der Waals surface area contributed by atoms with E-state index in [9.17, 15) is 13.6 Å². The molecule has 2 aliphatic rings. The number of carbonyl (C=O) groups is 1. The van der Waals surface area contributed by atoms with Gasteiger partial charge in [0.05, 0.1) is 25.9 Å². The molecule has 6 atom stereocenters. The predicted molar refractivity (Wildman–Crippen MR) is 144 cm³/mol. The van der Waals surface area contributed by atoms with E-state index in [0.717, 1.165) is 29.3 Å². The Hall–Kier alpha value is -3.02. The number of hydrogen-bond acceptors (Lipinski definition) is 8. The van der Waals surface area contributed by atoms with Crippen molar-refractivity contribution in [3.8, 4) is 5.75 Å². The monoisotopic (exact) mass is 572 g/mol. The summed E-state index contributed by atoms with van der Waals surface area (Å²) >= 11 is 1.41. The lowest BCUT2D eigenvalue weighted by atomic mass is 9.98. The van der Waals surface area contributed by atoms with Crippen molar-refractivity contribution in [1.29, 1.82) is 0 Å². The van der Waals surface area contributed by atoms with Crippen molar-refractivity contribution in [1.82, 2.24) is 0 Å². The Morgan fingerprint density at radius 2 is 1.77 bits per heavy atom. The van der Waals surface area contributed by atoms with Crippen LogP contribution in [0.5, 0.6) is 5.75 Å². The molecule has 2 saturated heterocycles. The maximum Gasteiger partial charge on any atom is 0.341 e. The number of carbonyl (C=O) groups excluding carboxylic acids is 1. The second-order valence-electron chi connectivity index (χ2n) is 9.29. The first kappa shape index (κ1) is 28.5. The van der Waals surface area contributed by atoms with E-state index in [0.29, 0.717) is 11.5 Å². The number of methoxy groups -OCH3 is 1. The number of fused-ring (bicyclic) bond motifs is 1. The first-order valence-corrected chi connectivity index (χ1v) is 14.0. The molecule has 212 valence electrons. The SMILES string of the molecule is CCS[C@H]1O[C@@H]2COC(c3ccccc3)O[C@H]2[C@H](OCc2ccc(OC)cc2)[C@@H]1OC(=O)c1cc(F)ccc1F. The Morgan fingerprint density at radius 1 is 1.00 bits per heavy atom. The third-order valence-electron chi connectivity index (χ3n) is 6.68. The zero-order valence-electron chi connectivity index (χ0n) is 22.0. The lowest BCUT2D eigenvalue weighted by Gasteiger charge is -2.48. The molecule has 0 spiro atoms. The summed E-state index contributed by atoms with van der Waals surface area (Å²) in [5, 5.41) is 0. The van der Waals surface area contributed by atoms with Crippen LogP contribution < -0.4 is 4.74 Å². The highest BCUT2D eigenvalue weighted by Crippen LogP contribution is 2.39. The summed E-state index contributed by atoms with van der Waals surface area (Å²) in [7, 11) is 1.59. The van der Waals surface area contributed by atoms with E-state index in [2.05, 4.69) is 0 Å². The number of rotatable bonds is 9. The summed E-state index contributed by atoms with van der Waals surface area (Å²) in [5.74, 6) is -1.31. The van der Waals surface area contributed by atoms with Gasteiger partial charge in [0.2, 0.25) is 0 Å². The summed E-state index contributed by atoms with van der Waals surface area (Å²) in [4.78, 5) is 13.1. The molecule has 0 saturated carbocycles. The molecule has 3 aromatic carbocycles. The number of halogens is 2. The molecule has 3 aromatic rings. The van der Waals surface area contributed by atoms with Gasteiger partial charge in [-0.25, -0.2) is 13.6 Å². The second kappa shape index (κ2) is 13.1. The molecule has 0 amide bonds. The van der Waals surface area contributed by atoms with Crippen LogP contribution in [0.3, 0.4) is 0 Å². The fourth-order valence-corrected chi connectivity index (χ4v) is 5.64. The van der Waals surface area contributed by atoms with E-state index in [-0.39, 0.29) is 13.2 Å². The largest absolute Gasteiger partial charge is 0.497 e. The van der Waals surface area contributed by atoms with Crippen LogP contribution >= 0.6 is 11.8 Å². The van der Waals surface area contributed by atoms with Gasteiger partial charge in [0.15, 0.2) is 12.4 Å². The Kier molecular flexibility index (Phi) is 9.33. The average Bonchev–Trinajstić information content (AvgIpc) is 2.98. The highest BCUT2D eigenvalue weighted by atomic mass is 32.2. The van der Waals surface area contributed by atoms with Crippen molar-refractivity contribution in [2.45, 2.75) is 49.7 Å². The summed E-state index contributed by atoms with van der Waals surface area (Å²) < 4.78 is 64.5. The van der Waals surface area contributed by atoms with E-state index in [1.807, 2.05) is 61.5 Å². The number of ether oxygens (including phenoxy) is 6. The maximum atomic E-state index is 14.5. The van der Waals surface area contributed by atoms with Crippen LogP contribution in [-0.4, -0.2) is 55.3 Å². The quantitative estimate of drug-likeness (QED) is 0.304. The molecule has 0 N–H and O–H groups in total. The van der Waals surface area contributed by atoms with Crippen molar-refractivity contribution >= 4 is 17.7 Å². The molecule has 0 aromatic heterocycles. The minimum absolute atomic E-state index is 0.171. The molecule has 0 aliphatic carbocycles. The van der Waals surface area contributed by atoms with Gasteiger partial charge in [0.25, 0.3) is 0 Å². The number of esters is 1. The zero-order valence-corrected chi connectivity index (χ0v) is 22.9. The second-order valence-corrected chi connectivity index (χ2v) is 10.7. The molecule has 1 unspecified atom stereocenters. The minimum atomic E-state index is -1.02. The minimum Gasteiger partial charge on any atom is -0.497 e. The summed E-state index contributed by atoms with van der Waals surface area (Å²) in [5.41, 5.74) is 0.506. The summed E-state index contributed by atoms with van der Waals surface area (Å²) in [6.07, 6.45) is -3.67. The van der Waals surface area contributed by atoms with Crippen LogP contribution in [0.25, 0.3) is 0 Å². The fourth-order valence-electron chi connectivity index (χ4n) is 4.69. The molecular formula is C30H30F2O7S. The first-order valence-electron chi connectivity index (χ1n) is 13.0. The molecule has 0 bridgehead atoms. The fraction of sp³-hybridized carbons (Fsp3) is 0.367. The normalized spacial score (nSPS) is 26.1. The van der Waals surface area contributed by atoms with Crippen LogP contribution in [0, 0.1) is 11.6 Å². The van der Waals surface area contributed by atoms with Gasteiger partial charge in [-0.15, -0.1) is 11.8 Å².